The highest BCUT2D eigenvalue weighted by Crippen LogP contribution is 2.38. The third kappa shape index (κ3) is 2.78. The fraction of sp³-hybridized carbons (Fsp3) is 0.200. The molecule has 1 aromatic carbocycles. The van der Waals surface area contributed by atoms with Crippen LogP contribution < -0.4 is 20.3 Å². The van der Waals surface area contributed by atoms with Crippen molar-refractivity contribution in [3.63, 3.8) is 0 Å². The zero-order chi connectivity index (χ0) is 15.7. The van der Waals surface area contributed by atoms with Crippen molar-refractivity contribution >= 4 is 23.2 Å². The van der Waals surface area contributed by atoms with Crippen molar-refractivity contribution in [3.8, 4) is 11.5 Å². The first-order valence-electron chi connectivity index (χ1n) is 6.65. The summed E-state index contributed by atoms with van der Waals surface area (Å²) >= 11 is 6.12. The molecule has 0 saturated heterocycles. The number of pyridine rings is 1. The molecule has 0 radical (unpaired) electrons. The molecule has 114 valence electrons. The number of hydrogen-bond acceptors (Lipinski definition) is 4. The van der Waals surface area contributed by atoms with E-state index >= 15 is 0 Å². The van der Waals surface area contributed by atoms with Gasteiger partial charge in [-0.2, -0.15) is 0 Å². The van der Waals surface area contributed by atoms with Crippen LogP contribution in [0.2, 0.25) is 5.02 Å². The van der Waals surface area contributed by atoms with Crippen molar-refractivity contribution in [1.29, 1.82) is 0 Å². The van der Waals surface area contributed by atoms with Crippen LogP contribution in [0.4, 0.5) is 5.69 Å². The topological polar surface area (TPSA) is 80.4 Å². The van der Waals surface area contributed by atoms with Crippen molar-refractivity contribution in [3.05, 3.63) is 50.9 Å². The van der Waals surface area contributed by atoms with E-state index in [1.807, 2.05) is 0 Å². The van der Waals surface area contributed by atoms with E-state index < -0.39 is 11.5 Å². The van der Waals surface area contributed by atoms with E-state index in [0.29, 0.717) is 41.1 Å². The summed E-state index contributed by atoms with van der Waals surface area (Å²) in [5, 5.41) is 2.92. The maximum absolute atomic E-state index is 12.2. The zero-order valence-electron chi connectivity index (χ0n) is 11.7. The van der Waals surface area contributed by atoms with Gasteiger partial charge in [0.15, 0.2) is 11.5 Å². The Morgan fingerprint density at radius 1 is 1.23 bits per heavy atom. The lowest BCUT2D eigenvalue weighted by atomic mass is 10.2. The third-order valence-corrected chi connectivity index (χ3v) is 3.49. The molecule has 0 aliphatic carbocycles. The molecule has 3 rings (SSSR count). The normalized spacial score (nSPS) is 12.8. The summed E-state index contributed by atoms with van der Waals surface area (Å²) in [5.74, 6) is 0.492. The molecule has 0 saturated carbocycles. The molecular formula is C15H13ClN2O4. The molecule has 0 spiro atoms. The molecule has 0 atom stereocenters. The molecular weight excluding hydrogens is 308 g/mol. The highest BCUT2D eigenvalue weighted by atomic mass is 35.5. The molecule has 1 aromatic heterocycles. The highest BCUT2D eigenvalue weighted by molar-refractivity contribution is 6.34. The summed E-state index contributed by atoms with van der Waals surface area (Å²) in [6.07, 6.45) is 0. The molecule has 22 heavy (non-hydrogen) atoms. The van der Waals surface area contributed by atoms with Gasteiger partial charge >= 0.3 is 0 Å². The molecule has 1 aliphatic heterocycles. The van der Waals surface area contributed by atoms with Gasteiger partial charge in [0.2, 0.25) is 0 Å². The number of aryl methyl sites for hydroxylation is 1. The molecule has 6 nitrogen and oxygen atoms in total. The Morgan fingerprint density at radius 2 is 1.91 bits per heavy atom. The van der Waals surface area contributed by atoms with E-state index in [0.717, 1.165) is 0 Å². The van der Waals surface area contributed by atoms with Gasteiger partial charge in [0, 0.05) is 17.8 Å². The van der Waals surface area contributed by atoms with Gasteiger partial charge in [-0.1, -0.05) is 11.6 Å². The predicted molar refractivity (Wildman–Crippen MR) is 82.2 cm³/mol. The molecule has 2 N–H and O–H groups in total. The van der Waals surface area contributed by atoms with Gasteiger partial charge in [-0.25, -0.2) is 0 Å². The number of benzene rings is 1. The Kier molecular flexibility index (Phi) is 3.77. The maximum Gasteiger partial charge on any atom is 0.261 e. The fourth-order valence-electron chi connectivity index (χ4n) is 2.10. The smallest absolute Gasteiger partial charge is 0.261 e. The van der Waals surface area contributed by atoms with Gasteiger partial charge in [-0.05, 0) is 19.1 Å². The van der Waals surface area contributed by atoms with E-state index in [-0.39, 0.29) is 5.56 Å². The van der Waals surface area contributed by atoms with E-state index in [4.69, 9.17) is 21.1 Å². The van der Waals surface area contributed by atoms with E-state index in [1.54, 1.807) is 25.1 Å². The Bertz CT molecular complexity index is 801. The van der Waals surface area contributed by atoms with Crippen LogP contribution in [0, 0.1) is 6.92 Å². The lowest BCUT2D eigenvalue weighted by molar-refractivity contribution is 0.102. The second-order valence-electron chi connectivity index (χ2n) is 4.81. The maximum atomic E-state index is 12.2. The molecule has 1 aliphatic rings. The number of halogens is 1. The highest BCUT2D eigenvalue weighted by Gasteiger charge is 2.18. The molecule has 1 amide bonds. The number of amides is 1. The number of ether oxygens (including phenoxy) is 2. The zero-order valence-corrected chi connectivity index (χ0v) is 12.5. The Hall–Kier alpha value is -2.47. The minimum absolute atomic E-state index is 0.0107. The first-order chi connectivity index (χ1) is 10.5. The first kappa shape index (κ1) is 14.5. The number of fused-ring (bicyclic) bond motifs is 1. The van der Waals surface area contributed by atoms with Crippen LogP contribution in [-0.2, 0) is 0 Å². The summed E-state index contributed by atoms with van der Waals surface area (Å²) in [6.45, 7) is 2.62. The molecule has 0 fully saturated rings. The van der Waals surface area contributed by atoms with Crippen LogP contribution in [0.25, 0.3) is 0 Å². The molecule has 0 unspecified atom stereocenters. The molecule has 2 heterocycles. The van der Waals surface area contributed by atoms with Gasteiger partial charge in [0.05, 0.1) is 10.7 Å². The number of rotatable bonds is 2. The van der Waals surface area contributed by atoms with Crippen LogP contribution in [0.3, 0.4) is 0 Å². The summed E-state index contributed by atoms with van der Waals surface area (Å²) in [5.41, 5.74) is 0.595. The van der Waals surface area contributed by atoms with Crippen molar-refractivity contribution in [2.45, 2.75) is 6.92 Å². The Labute approximate surface area is 131 Å². The van der Waals surface area contributed by atoms with Crippen LogP contribution >= 0.6 is 11.6 Å². The molecule has 0 bridgehead atoms. The van der Waals surface area contributed by atoms with Crippen LogP contribution in [0.1, 0.15) is 16.1 Å². The van der Waals surface area contributed by atoms with Gasteiger partial charge in [0.25, 0.3) is 11.5 Å². The number of nitrogens with one attached hydrogen (secondary N) is 2. The second kappa shape index (κ2) is 5.73. The van der Waals surface area contributed by atoms with Crippen molar-refractivity contribution in [2.24, 2.45) is 0 Å². The van der Waals surface area contributed by atoms with Crippen molar-refractivity contribution in [2.75, 3.05) is 18.5 Å². The minimum atomic E-state index is -0.542. The lowest BCUT2D eigenvalue weighted by Gasteiger charge is -2.20. The lowest BCUT2D eigenvalue weighted by Crippen LogP contribution is -2.23. The van der Waals surface area contributed by atoms with Gasteiger partial charge in [-0.3, -0.25) is 9.59 Å². The number of hydrogen-bond donors (Lipinski definition) is 2. The number of carbonyl (C=O) groups is 1. The second-order valence-corrected chi connectivity index (χ2v) is 5.22. The molecule has 7 heteroatoms. The van der Waals surface area contributed by atoms with Gasteiger partial charge in [0.1, 0.15) is 18.8 Å². The van der Waals surface area contributed by atoms with E-state index in [9.17, 15) is 9.59 Å². The number of H-pyrrole nitrogens is 1. The Morgan fingerprint density at radius 3 is 2.59 bits per heavy atom. The van der Waals surface area contributed by atoms with Crippen LogP contribution in [0.5, 0.6) is 11.5 Å². The largest absolute Gasteiger partial charge is 0.486 e. The minimum Gasteiger partial charge on any atom is -0.486 e. The van der Waals surface area contributed by atoms with Gasteiger partial charge < -0.3 is 19.8 Å². The number of aromatic amines is 1. The third-order valence-electron chi connectivity index (χ3n) is 3.18. The standard InChI is InChI=1S/C15H13ClN2O4/c1-8-2-3-9(14(19)17-8)15(20)18-11-7-13-12(6-10(11)16)21-4-5-22-13/h2-3,6-7H,4-5H2,1H3,(H,17,19)(H,18,20). The molecule has 2 aromatic rings. The van der Waals surface area contributed by atoms with Crippen LogP contribution in [0.15, 0.2) is 29.1 Å². The average molecular weight is 321 g/mol. The van der Waals surface area contributed by atoms with E-state index in [1.165, 1.54) is 6.07 Å². The van der Waals surface area contributed by atoms with E-state index in [2.05, 4.69) is 10.3 Å². The van der Waals surface area contributed by atoms with Crippen molar-refractivity contribution < 1.29 is 14.3 Å². The first-order valence-corrected chi connectivity index (χ1v) is 7.03. The number of anilines is 1. The fourth-order valence-corrected chi connectivity index (χ4v) is 2.30. The summed E-state index contributed by atoms with van der Waals surface area (Å²) in [6, 6.07) is 6.28. The summed E-state index contributed by atoms with van der Waals surface area (Å²) in [4.78, 5) is 26.6. The summed E-state index contributed by atoms with van der Waals surface area (Å²) < 4.78 is 10.8. The number of carbonyl (C=O) groups excluding carboxylic acids is 1. The monoisotopic (exact) mass is 320 g/mol. The SMILES string of the molecule is Cc1ccc(C(=O)Nc2cc3c(cc2Cl)OCCO3)c(=O)[nH]1. The Balaban J connectivity index is 1.89. The number of aromatic nitrogens is 1. The van der Waals surface area contributed by atoms with Crippen molar-refractivity contribution in [1.82, 2.24) is 4.98 Å². The predicted octanol–water partition coefficient (Wildman–Crippen LogP) is 2.36. The average Bonchev–Trinajstić information content (AvgIpc) is 2.47. The quantitative estimate of drug-likeness (QED) is 0.890. The van der Waals surface area contributed by atoms with Crippen LogP contribution in [-0.4, -0.2) is 24.1 Å². The summed E-state index contributed by atoms with van der Waals surface area (Å²) in [7, 11) is 0. The van der Waals surface area contributed by atoms with Gasteiger partial charge in [-0.15, -0.1) is 0 Å².